The summed E-state index contributed by atoms with van der Waals surface area (Å²) in [7, 11) is 0. The van der Waals surface area contributed by atoms with Crippen LogP contribution in [0.15, 0.2) is 54.7 Å². The molecule has 0 unspecified atom stereocenters. The van der Waals surface area contributed by atoms with Gasteiger partial charge < -0.3 is 10.6 Å². The first-order valence-corrected chi connectivity index (χ1v) is 7.61. The smallest absolute Gasteiger partial charge is 0.251 e. The van der Waals surface area contributed by atoms with Crippen LogP contribution in [0.4, 0.5) is 0 Å². The minimum absolute atomic E-state index is 0.0219. The molecule has 0 aliphatic rings. The lowest BCUT2D eigenvalue weighted by atomic mass is 10.0. The van der Waals surface area contributed by atoms with Gasteiger partial charge in [0.15, 0.2) is 0 Å². The molecule has 1 aromatic heterocycles. The van der Waals surface area contributed by atoms with Gasteiger partial charge in [0.1, 0.15) is 6.04 Å². The Hall–Kier alpha value is -2.69. The number of aromatic nitrogens is 1. The van der Waals surface area contributed by atoms with E-state index in [0.717, 1.165) is 5.69 Å². The molecule has 0 spiro atoms. The second-order valence-corrected chi connectivity index (χ2v) is 5.60. The largest absolute Gasteiger partial charge is 0.349 e. The summed E-state index contributed by atoms with van der Waals surface area (Å²) >= 11 is 0. The van der Waals surface area contributed by atoms with Crippen LogP contribution in [-0.4, -0.2) is 22.8 Å². The Morgan fingerprint density at radius 1 is 1.04 bits per heavy atom. The zero-order valence-corrected chi connectivity index (χ0v) is 13.3. The average Bonchev–Trinajstić information content (AvgIpc) is 2.58. The molecule has 1 aromatic carbocycles. The minimum atomic E-state index is -0.591. The monoisotopic (exact) mass is 311 g/mol. The number of nitrogens with one attached hydrogen (secondary N) is 2. The van der Waals surface area contributed by atoms with E-state index in [1.165, 1.54) is 0 Å². The Morgan fingerprint density at radius 3 is 2.35 bits per heavy atom. The molecule has 120 valence electrons. The predicted octanol–water partition coefficient (Wildman–Crippen LogP) is 2.15. The van der Waals surface area contributed by atoms with Crippen LogP contribution in [0.3, 0.4) is 0 Å². The van der Waals surface area contributed by atoms with Gasteiger partial charge in [-0.25, -0.2) is 0 Å². The first kappa shape index (κ1) is 16.7. The molecule has 0 radical (unpaired) electrons. The van der Waals surface area contributed by atoms with Crippen molar-refractivity contribution in [1.29, 1.82) is 0 Å². The maximum atomic E-state index is 12.4. The predicted molar refractivity (Wildman–Crippen MR) is 88.6 cm³/mol. The molecule has 1 heterocycles. The highest BCUT2D eigenvalue weighted by Crippen LogP contribution is 2.06. The number of rotatable bonds is 6. The zero-order chi connectivity index (χ0) is 16.7. The Morgan fingerprint density at radius 2 is 1.74 bits per heavy atom. The van der Waals surface area contributed by atoms with Crippen molar-refractivity contribution < 1.29 is 9.59 Å². The highest BCUT2D eigenvalue weighted by molar-refractivity contribution is 5.97. The van der Waals surface area contributed by atoms with E-state index < -0.39 is 6.04 Å². The number of hydrogen-bond donors (Lipinski definition) is 2. The summed E-state index contributed by atoms with van der Waals surface area (Å²) in [6, 6.07) is 13.8. The fourth-order valence-electron chi connectivity index (χ4n) is 2.14. The second kappa shape index (κ2) is 8.08. The van der Waals surface area contributed by atoms with Gasteiger partial charge in [-0.15, -0.1) is 0 Å². The molecule has 0 saturated heterocycles. The standard InChI is InChI=1S/C18H21N3O2/c1-13(2)16(21-17(22)14-8-4-3-5-9-14)18(23)20-12-15-10-6-7-11-19-15/h3-11,13,16H,12H2,1-2H3,(H,20,23)(H,21,22)/t16-/m0/s1. The van der Waals surface area contributed by atoms with E-state index in [2.05, 4.69) is 15.6 Å². The van der Waals surface area contributed by atoms with Gasteiger partial charge in [-0.2, -0.15) is 0 Å². The number of carbonyl (C=O) groups excluding carboxylic acids is 2. The molecule has 2 aromatic rings. The number of carbonyl (C=O) groups is 2. The van der Waals surface area contributed by atoms with Crippen molar-refractivity contribution in [3.05, 3.63) is 66.0 Å². The second-order valence-electron chi connectivity index (χ2n) is 5.60. The molecule has 0 saturated carbocycles. The molecule has 5 heteroatoms. The van der Waals surface area contributed by atoms with E-state index >= 15 is 0 Å². The van der Waals surface area contributed by atoms with E-state index in [-0.39, 0.29) is 17.7 Å². The van der Waals surface area contributed by atoms with E-state index in [1.807, 2.05) is 38.1 Å². The first-order chi connectivity index (χ1) is 11.1. The summed E-state index contributed by atoms with van der Waals surface area (Å²) in [5, 5.41) is 5.62. The van der Waals surface area contributed by atoms with Crippen LogP contribution in [0, 0.1) is 5.92 Å². The third-order valence-electron chi connectivity index (χ3n) is 3.44. The first-order valence-electron chi connectivity index (χ1n) is 7.61. The molecule has 2 amide bonds. The van der Waals surface area contributed by atoms with Crippen LogP contribution >= 0.6 is 0 Å². The lowest BCUT2D eigenvalue weighted by Crippen LogP contribution is -2.49. The van der Waals surface area contributed by atoms with Crippen LogP contribution in [0.2, 0.25) is 0 Å². The molecule has 1 atom stereocenters. The van der Waals surface area contributed by atoms with Crippen LogP contribution in [0.5, 0.6) is 0 Å². The summed E-state index contributed by atoms with van der Waals surface area (Å²) in [5.74, 6) is -0.487. The van der Waals surface area contributed by atoms with Crippen molar-refractivity contribution in [2.24, 2.45) is 5.92 Å². The lowest BCUT2D eigenvalue weighted by molar-refractivity contribution is -0.124. The molecule has 0 fully saturated rings. The Bertz CT molecular complexity index is 642. The summed E-state index contributed by atoms with van der Waals surface area (Å²) in [6.07, 6.45) is 1.68. The van der Waals surface area contributed by atoms with Crippen molar-refractivity contribution >= 4 is 11.8 Å². The van der Waals surface area contributed by atoms with Crippen LogP contribution in [-0.2, 0) is 11.3 Å². The Balaban J connectivity index is 1.97. The van der Waals surface area contributed by atoms with Gasteiger partial charge in [0.25, 0.3) is 5.91 Å². The van der Waals surface area contributed by atoms with E-state index in [1.54, 1.807) is 30.5 Å². The topological polar surface area (TPSA) is 71.1 Å². The zero-order valence-electron chi connectivity index (χ0n) is 13.3. The third-order valence-corrected chi connectivity index (χ3v) is 3.44. The number of amides is 2. The van der Waals surface area contributed by atoms with Crippen molar-refractivity contribution in [1.82, 2.24) is 15.6 Å². The maximum absolute atomic E-state index is 12.4. The van der Waals surface area contributed by atoms with Gasteiger partial charge in [-0.3, -0.25) is 14.6 Å². The number of nitrogens with zero attached hydrogens (tertiary/aromatic N) is 1. The molecule has 2 rings (SSSR count). The number of pyridine rings is 1. The van der Waals surface area contributed by atoms with Crippen LogP contribution in [0.25, 0.3) is 0 Å². The average molecular weight is 311 g/mol. The maximum Gasteiger partial charge on any atom is 0.251 e. The van der Waals surface area contributed by atoms with Gasteiger partial charge in [0.2, 0.25) is 5.91 Å². The molecule has 0 bridgehead atoms. The summed E-state index contributed by atoms with van der Waals surface area (Å²) < 4.78 is 0. The number of benzene rings is 1. The van der Waals surface area contributed by atoms with Gasteiger partial charge in [-0.1, -0.05) is 38.1 Å². The SMILES string of the molecule is CC(C)[C@H](NC(=O)c1ccccc1)C(=O)NCc1ccccn1. The molecule has 0 aliphatic heterocycles. The molecule has 0 aliphatic carbocycles. The quantitative estimate of drug-likeness (QED) is 0.858. The highest BCUT2D eigenvalue weighted by Gasteiger charge is 2.24. The Labute approximate surface area is 136 Å². The Kier molecular flexibility index (Phi) is 5.86. The molecule has 2 N–H and O–H groups in total. The molecule has 23 heavy (non-hydrogen) atoms. The van der Waals surface area contributed by atoms with Crippen molar-refractivity contribution in [2.75, 3.05) is 0 Å². The van der Waals surface area contributed by atoms with E-state index in [9.17, 15) is 9.59 Å². The lowest BCUT2D eigenvalue weighted by Gasteiger charge is -2.21. The summed E-state index contributed by atoms with van der Waals surface area (Å²) in [5.41, 5.74) is 1.31. The highest BCUT2D eigenvalue weighted by atomic mass is 16.2. The normalized spacial score (nSPS) is 11.8. The van der Waals surface area contributed by atoms with Crippen LogP contribution in [0.1, 0.15) is 29.9 Å². The van der Waals surface area contributed by atoms with Crippen molar-refractivity contribution in [2.45, 2.75) is 26.4 Å². The van der Waals surface area contributed by atoms with E-state index in [4.69, 9.17) is 0 Å². The molecular formula is C18H21N3O2. The van der Waals surface area contributed by atoms with Crippen molar-refractivity contribution in [3.8, 4) is 0 Å². The van der Waals surface area contributed by atoms with Gasteiger partial charge in [0, 0.05) is 11.8 Å². The van der Waals surface area contributed by atoms with Gasteiger partial charge >= 0.3 is 0 Å². The fraction of sp³-hybridized carbons (Fsp3) is 0.278. The third kappa shape index (κ3) is 4.92. The molecular weight excluding hydrogens is 290 g/mol. The minimum Gasteiger partial charge on any atom is -0.349 e. The fourth-order valence-corrected chi connectivity index (χ4v) is 2.14. The van der Waals surface area contributed by atoms with Crippen LogP contribution < -0.4 is 10.6 Å². The number of hydrogen-bond acceptors (Lipinski definition) is 3. The molecule has 5 nitrogen and oxygen atoms in total. The van der Waals surface area contributed by atoms with Gasteiger partial charge in [-0.05, 0) is 30.2 Å². The summed E-state index contributed by atoms with van der Waals surface area (Å²) in [6.45, 7) is 4.14. The summed E-state index contributed by atoms with van der Waals surface area (Å²) in [4.78, 5) is 28.8. The van der Waals surface area contributed by atoms with Gasteiger partial charge in [0.05, 0.1) is 12.2 Å². The van der Waals surface area contributed by atoms with Crippen molar-refractivity contribution in [3.63, 3.8) is 0 Å². The van der Waals surface area contributed by atoms with E-state index in [0.29, 0.717) is 12.1 Å².